The van der Waals surface area contributed by atoms with Crippen molar-refractivity contribution in [2.45, 2.75) is 25.8 Å². The summed E-state index contributed by atoms with van der Waals surface area (Å²) < 4.78 is 24.3. The van der Waals surface area contributed by atoms with Crippen LogP contribution in [-0.4, -0.2) is 33.8 Å². The molecular formula is C13H22N2O2S. The van der Waals surface area contributed by atoms with Gasteiger partial charge in [0.05, 0.1) is 6.26 Å². The Morgan fingerprint density at radius 1 is 1.17 bits per heavy atom. The summed E-state index contributed by atoms with van der Waals surface area (Å²) in [6.07, 6.45) is 3.16. The van der Waals surface area contributed by atoms with Crippen molar-refractivity contribution < 1.29 is 8.42 Å². The zero-order valence-corrected chi connectivity index (χ0v) is 11.8. The van der Waals surface area contributed by atoms with Crippen LogP contribution in [0.4, 0.5) is 0 Å². The zero-order valence-electron chi connectivity index (χ0n) is 11.0. The maximum absolute atomic E-state index is 10.9. The lowest BCUT2D eigenvalue weighted by molar-refractivity contribution is 0.494. The lowest BCUT2D eigenvalue weighted by atomic mass is 10.0. The number of rotatable bonds is 8. The molecule has 1 unspecified atom stereocenters. The molecule has 1 aromatic carbocycles. The first-order valence-corrected chi connectivity index (χ1v) is 8.12. The van der Waals surface area contributed by atoms with E-state index in [-0.39, 0.29) is 0 Å². The normalized spacial score (nSPS) is 13.4. The van der Waals surface area contributed by atoms with E-state index in [0.717, 1.165) is 12.8 Å². The van der Waals surface area contributed by atoms with Crippen molar-refractivity contribution in [3.8, 4) is 0 Å². The molecule has 5 heteroatoms. The van der Waals surface area contributed by atoms with Crippen LogP contribution in [-0.2, 0) is 16.4 Å². The van der Waals surface area contributed by atoms with Crippen LogP contribution in [0.1, 0.15) is 18.9 Å². The summed E-state index contributed by atoms with van der Waals surface area (Å²) in [5.41, 5.74) is 1.30. The van der Waals surface area contributed by atoms with E-state index in [2.05, 4.69) is 29.1 Å². The summed E-state index contributed by atoms with van der Waals surface area (Å²) in [7, 11) is -3.08. The van der Waals surface area contributed by atoms with Crippen LogP contribution in [0.25, 0.3) is 0 Å². The topological polar surface area (TPSA) is 58.2 Å². The van der Waals surface area contributed by atoms with Crippen molar-refractivity contribution in [2.75, 3.05) is 19.3 Å². The van der Waals surface area contributed by atoms with Crippen molar-refractivity contribution in [1.29, 1.82) is 0 Å². The van der Waals surface area contributed by atoms with Gasteiger partial charge in [0.2, 0.25) is 10.0 Å². The molecule has 0 radical (unpaired) electrons. The molecule has 0 aliphatic carbocycles. The third-order valence-electron chi connectivity index (χ3n) is 2.74. The standard InChI is InChI=1S/C13H22N2O2S/c1-3-13(11-12-7-5-4-6-8-12)14-9-10-15-18(2,16)17/h4-8,13-15H,3,9-11H2,1-2H3. The highest BCUT2D eigenvalue weighted by Gasteiger charge is 2.06. The van der Waals surface area contributed by atoms with Crippen LogP contribution < -0.4 is 10.0 Å². The average Bonchev–Trinajstić information content (AvgIpc) is 2.33. The predicted octanol–water partition coefficient (Wildman–Crippen LogP) is 1.15. The van der Waals surface area contributed by atoms with Gasteiger partial charge < -0.3 is 5.32 Å². The van der Waals surface area contributed by atoms with Gasteiger partial charge in [-0.3, -0.25) is 0 Å². The van der Waals surface area contributed by atoms with E-state index in [1.54, 1.807) is 0 Å². The van der Waals surface area contributed by atoms with E-state index >= 15 is 0 Å². The third-order valence-corrected chi connectivity index (χ3v) is 3.47. The van der Waals surface area contributed by atoms with Crippen molar-refractivity contribution in [2.24, 2.45) is 0 Å². The second kappa shape index (κ2) is 7.51. The smallest absolute Gasteiger partial charge is 0.208 e. The molecule has 0 aliphatic rings. The molecule has 4 nitrogen and oxygen atoms in total. The van der Waals surface area contributed by atoms with Gasteiger partial charge >= 0.3 is 0 Å². The molecule has 0 heterocycles. The van der Waals surface area contributed by atoms with Crippen LogP contribution in [0.15, 0.2) is 30.3 Å². The summed E-state index contributed by atoms with van der Waals surface area (Å²) in [5.74, 6) is 0. The molecule has 0 bridgehead atoms. The molecule has 102 valence electrons. The van der Waals surface area contributed by atoms with Crippen LogP contribution in [0.3, 0.4) is 0 Å². The Morgan fingerprint density at radius 2 is 1.83 bits per heavy atom. The minimum Gasteiger partial charge on any atom is -0.312 e. The van der Waals surface area contributed by atoms with E-state index in [0.29, 0.717) is 19.1 Å². The molecule has 0 fully saturated rings. The number of nitrogens with one attached hydrogen (secondary N) is 2. The Morgan fingerprint density at radius 3 is 2.39 bits per heavy atom. The summed E-state index contributed by atoms with van der Waals surface area (Å²) >= 11 is 0. The van der Waals surface area contributed by atoms with Gasteiger partial charge in [-0.1, -0.05) is 37.3 Å². The minimum atomic E-state index is -3.08. The lowest BCUT2D eigenvalue weighted by Crippen LogP contribution is -2.37. The van der Waals surface area contributed by atoms with Crippen molar-refractivity contribution in [1.82, 2.24) is 10.0 Å². The van der Waals surface area contributed by atoms with Crippen LogP contribution in [0.2, 0.25) is 0 Å². The van der Waals surface area contributed by atoms with E-state index in [1.807, 2.05) is 18.2 Å². The van der Waals surface area contributed by atoms with Crippen LogP contribution in [0.5, 0.6) is 0 Å². The van der Waals surface area contributed by atoms with Crippen LogP contribution >= 0.6 is 0 Å². The maximum atomic E-state index is 10.9. The van der Waals surface area contributed by atoms with Crippen molar-refractivity contribution in [3.63, 3.8) is 0 Å². The summed E-state index contributed by atoms with van der Waals surface area (Å²) in [6.45, 7) is 3.22. The molecule has 0 spiro atoms. The summed E-state index contributed by atoms with van der Waals surface area (Å²) in [6, 6.07) is 10.7. The fraction of sp³-hybridized carbons (Fsp3) is 0.538. The van der Waals surface area contributed by atoms with Gasteiger partial charge in [-0.15, -0.1) is 0 Å². The first-order valence-electron chi connectivity index (χ1n) is 6.23. The van der Waals surface area contributed by atoms with Gasteiger partial charge in [0.25, 0.3) is 0 Å². The highest BCUT2D eigenvalue weighted by atomic mass is 32.2. The molecule has 0 amide bonds. The Labute approximate surface area is 110 Å². The first-order chi connectivity index (χ1) is 8.51. The average molecular weight is 270 g/mol. The number of hydrogen-bond acceptors (Lipinski definition) is 3. The van der Waals surface area contributed by atoms with E-state index < -0.39 is 10.0 Å². The Hall–Kier alpha value is -0.910. The Kier molecular flexibility index (Phi) is 6.32. The fourth-order valence-electron chi connectivity index (χ4n) is 1.77. The molecule has 1 rings (SSSR count). The van der Waals surface area contributed by atoms with Gasteiger partial charge in [0.15, 0.2) is 0 Å². The Balaban J connectivity index is 2.30. The largest absolute Gasteiger partial charge is 0.312 e. The SMILES string of the molecule is CCC(Cc1ccccc1)NCCNS(C)(=O)=O. The Bertz CT molecular complexity index is 432. The van der Waals surface area contributed by atoms with Crippen molar-refractivity contribution in [3.05, 3.63) is 35.9 Å². The predicted molar refractivity (Wildman–Crippen MR) is 75.1 cm³/mol. The molecule has 0 aromatic heterocycles. The van der Waals surface area contributed by atoms with Gasteiger partial charge in [-0.2, -0.15) is 0 Å². The molecule has 18 heavy (non-hydrogen) atoms. The quantitative estimate of drug-likeness (QED) is 0.697. The van der Waals surface area contributed by atoms with Gasteiger partial charge in [-0.05, 0) is 18.4 Å². The molecule has 0 saturated carbocycles. The molecule has 2 N–H and O–H groups in total. The monoisotopic (exact) mass is 270 g/mol. The van der Waals surface area contributed by atoms with Gasteiger partial charge in [-0.25, -0.2) is 13.1 Å². The van der Waals surface area contributed by atoms with Gasteiger partial charge in [0, 0.05) is 19.1 Å². The minimum absolute atomic E-state index is 0.383. The lowest BCUT2D eigenvalue weighted by Gasteiger charge is -2.17. The molecule has 0 saturated heterocycles. The second-order valence-corrected chi connectivity index (χ2v) is 6.25. The number of sulfonamides is 1. The third kappa shape index (κ3) is 6.74. The van der Waals surface area contributed by atoms with E-state index in [4.69, 9.17) is 0 Å². The van der Waals surface area contributed by atoms with Crippen LogP contribution in [0, 0.1) is 0 Å². The number of benzene rings is 1. The summed E-state index contributed by atoms with van der Waals surface area (Å²) in [4.78, 5) is 0. The zero-order chi connectivity index (χ0) is 13.4. The summed E-state index contributed by atoms with van der Waals surface area (Å²) in [5, 5.41) is 3.36. The second-order valence-electron chi connectivity index (χ2n) is 4.42. The maximum Gasteiger partial charge on any atom is 0.208 e. The molecular weight excluding hydrogens is 248 g/mol. The molecule has 0 aliphatic heterocycles. The van der Waals surface area contributed by atoms with E-state index in [1.165, 1.54) is 11.8 Å². The highest BCUT2D eigenvalue weighted by Crippen LogP contribution is 2.05. The van der Waals surface area contributed by atoms with Crippen molar-refractivity contribution >= 4 is 10.0 Å². The van der Waals surface area contributed by atoms with Gasteiger partial charge in [0.1, 0.15) is 0 Å². The highest BCUT2D eigenvalue weighted by molar-refractivity contribution is 7.88. The first kappa shape index (κ1) is 15.1. The molecule has 1 aromatic rings. The molecule has 1 atom stereocenters. The fourth-order valence-corrected chi connectivity index (χ4v) is 2.25. The van der Waals surface area contributed by atoms with E-state index in [9.17, 15) is 8.42 Å². The number of hydrogen-bond donors (Lipinski definition) is 2.